The Kier molecular flexibility index (Phi) is 48.7. The first-order valence-electron chi connectivity index (χ1n) is 27.6. The Bertz CT molecular complexity index is 1950. The number of carbonyl (C=O) groups excluding carboxylic acids is 2. The minimum Gasteiger partial charge on any atom is -0.480 e. The molecular formula is C53H102N10O22. The molecule has 2 amide bonds. The molecule has 4 fully saturated rings. The number of hydrogen-bond acceptors (Lipinski definition) is 20. The Hall–Kier alpha value is -6.68. The van der Waals surface area contributed by atoms with E-state index in [1.807, 2.05) is 55.4 Å². The van der Waals surface area contributed by atoms with E-state index in [0.717, 1.165) is 38.8 Å². The minimum atomic E-state index is -0.963. The van der Waals surface area contributed by atoms with E-state index in [1.54, 1.807) is 33.0 Å². The fraction of sp³-hybridized carbons (Fsp3) is 0.774. The van der Waals surface area contributed by atoms with Crippen molar-refractivity contribution >= 4 is 71.5 Å². The molecule has 0 aromatic rings. The van der Waals surface area contributed by atoms with Crippen LogP contribution in [0.15, 0.2) is 0 Å². The van der Waals surface area contributed by atoms with Gasteiger partial charge in [0.1, 0.15) is 60.4 Å². The first-order chi connectivity index (χ1) is 38.9. The molecule has 0 bridgehead atoms. The molecule has 4 saturated heterocycles. The van der Waals surface area contributed by atoms with Crippen molar-refractivity contribution in [2.75, 3.05) is 34.2 Å². The highest BCUT2D eigenvalue weighted by molar-refractivity contribution is 5.87. The summed E-state index contributed by atoms with van der Waals surface area (Å²) < 4.78 is 0. The lowest BCUT2D eigenvalue weighted by Gasteiger charge is -2.39. The zero-order valence-corrected chi connectivity index (χ0v) is 51.5. The summed E-state index contributed by atoms with van der Waals surface area (Å²) in [6.45, 7) is 20.2. The molecule has 0 spiro atoms. The Balaban J connectivity index is -0.000000286. The summed E-state index contributed by atoms with van der Waals surface area (Å²) >= 11 is 0. The number of aliphatic carboxylic acids is 10. The van der Waals surface area contributed by atoms with Crippen LogP contribution in [-0.2, 0) is 57.5 Å². The lowest BCUT2D eigenvalue weighted by molar-refractivity contribution is -0.145. The fourth-order valence-corrected chi connectivity index (χ4v) is 7.07. The Morgan fingerprint density at radius 2 is 0.800 bits per heavy atom. The topological polar surface area (TPSA) is 561 Å². The molecule has 496 valence electrons. The van der Waals surface area contributed by atoms with Crippen molar-refractivity contribution in [2.45, 2.75) is 212 Å². The summed E-state index contributed by atoms with van der Waals surface area (Å²) in [5, 5.41) is 100. The smallest absolute Gasteiger partial charge is 0.326 e. The van der Waals surface area contributed by atoms with Gasteiger partial charge in [-0.25, -0.2) is 9.59 Å². The predicted molar refractivity (Wildman–Crippen MR) is 310 cm³/mol. The normalized spacial score (nSPS) is 19.4. The number of nitrogens with zero attached hydrogens (tertiary/aromatic N) is 1. The van der Waals surface area contributed by atoms with E-state index in [-0.39, 0.29) is 29.9 Å². The molecule has 4 heterocycles. The first-order valence-corrected chi connectivity index (χ1v) is 27.6. The van der Waals surface area contributed by atoms with E-state index < -0.39 is 108 Å². The van der Waals surface area contributed by atoms with Gasteiger partial charge in [0.2, 0.25) is 11.8 Å². The highest BCUT2D eigenvalue weighted by Crippen LogP contribution is 2.22. The number of amides is 2. The van der Waals surface area contributed by atoms with Gasteiger partial charge < -0.3 is 100 Å². The number of nitrogens with one attached hydrogen (secondary N) is 6. The van der Waals surface area contributed by atoms with Crippen LogP contribution < -0.4 is 49.1 Å². The Morgan fingerprint density at radius 3 is 0.929 bits per heavy atom. The van der Waals surface area contributed by atoms with Crippen molar-refractivity contribution in [3.05, 3.63) is 0 Å². The maximum absolute atomic E-state index is 10.9. The van der Waals surface area contributed by atoms with E-state index in [0.29, 0.717) is 69.1 Å². The molecule has 32 nitrogen and oxygen atoms in total. The molecule has 0 unspecified atom stereocenters. The fourth-order valence-electron chi connectivity index (χ4n) is 7.07. The van der Waals surface area contributed by atoms with Crippen LogP contribution in [0.3, 0.4) is 0 Å². The van der Waals surface area contributed by atoms with Crippen LogP contribution in [0.25, 0.3) is 0 Å². The van der Waals surface area contributed by atoms with Gasteiger partial charge in [-0.3, -0.25) is 52.8 Å². The number of hydrogen-bond donors (Lipinski definition) is 19. The SMILES string of the molecule is CC(C)C[C@H](N)C(=O)O.CC(C)C[C@H](N)C(=O)O.CN[C@@H](CC(C)(C)N(C)[C@@H](C)C(=O)O)C(=O)O.CN[C@@H](CC(C)C)C(=O)O.C[C@H](N)C(=O)O.O=C(O)[C@@H]1CCCN1.O=C(O)[C@@H]1CCCN1.O=C1CC[C@@H](C(=O)O)N1.O=C1CC[C@@H](C(=O)O)N1. The highest BCUT2D eigenvalue weighted by Gasteiger charge is 2.35. The number of carboxylic acids is 10. The van der Waals surface area contributed by atoms with Gasteiger partial charge >= 0.3 is 59.7 Å². The van der Waals surface area contributed by atoms with Crippen molar-refractivity contribution in [1.82, 2.24) is 36.8 Å². The lowest BCUT2D eigenvalue weighted by atomic mass is 9.92. The van der Waals surface area contributed by atoms with Gasteiger partial charge in [-0.1, -0.05) is 41.5 Å². The van der Waals surface area contributed by atoms with E-state index in [4.69, 9.17) is 68.3 Å². The van der Waals surface area contributed by atoms with Crippen molar-refractivity contribution in [2.24, 2.45) is 35.0 Å². The second kappa shape index (κ2) is 47.6. The monoisotopic (exact) mass is 1230 g/mol. The number of nitrogens with two attached hydrogens (primary N) is 3. The van der Waals surface area contributed by atoms with Gasteiger partial charge in [-0.2, -0.15) is 0 Å². The molecule has 4 aliphatic rings. The number of likely N-dealkylation sites (N-methyl/N-ethyl adjacent to an activating group) is 3. The van der Waals surface area contributed by atoms with Crippen LogP contribution in [0.1, 0.15) is 146 Å². The van der Waals surface area contributed by atoms with Crippen LogP contribution in [0.5, 0.6) is 0 Å². The zero-order valence-electron chi connectivity index (χ0n) is 51.5. The van der Waals surface area contributed by atoms with Gasteiger partial charge in [0.15, 0.2) is 0 Å². The number of carboxylic acid groups (broad SMARTS) is 10. The van der Waals surface area contributed by atoms with Gasteiger partial charge in [-0.15, -0.1) is 0 Å². The summed E-state index contributed by atoms with van der Waals surface area (Å²) in [7, 11) is 4.93. The molecule has 0 aliphatic carbocycles. The highest BCUT2D eigenvalue weighted by atomic mass is 16.4. The van der Waals surface area contributed by atoms with E-state index in [2.05, 4.69) is 31.9 Å². The molecule has 4 aliphatic heterocycles. The van der Waals surface area contributed by atoms with Crippen molar-refractivity contribution in [3.8, 4) is 0 Å². The van der Waals surface area contributed by atoms with Gasteiger partial charge in [0.05, 0.1) is 0 Å². The third kappa shape index (κ3) is 47.3. The van der Waals surface area contributed by atoms with Crippen LogP contribution in [0, 0.1) is 17.8 Å². The van der Waals surface area contributed by atoms with Crippen molar-refractivity contribution in [3.63, 3.8) is 0 Å². The van der Waals surface area contributed by atoms with Gasteiger partial charge in [0, 0.05) is 18.4 Å². The molecule has 32 heteroatoms. The largest absolute Gasteiger partial charge is 0.480 e. The summed E-state index contributed by atoms with van der Waals surface area (Å²) in [5.41, 5.74) is 14.7. The minimum absolute atomic E-state index is 0.164. The molecule has 22 N–H and O–H groups in total. The molecule has 4 rings (SSSR count). The van der Waals surface area contributed by atoms with E-state index >= 15 is 0 Å². The lowest BCUT2D eigenvalue weighted by Crippen LogP contribution is -2.53. The summed E-state index contributed by atoms with van der Waals surface area (Å²) in [4.78, 5) is 125. The average Bonchev–Trinajstić information content (AvgIpc) is 4.48. The maximum Gasteiger partial charge on any atom is 0.326 e. The Labute approximate surface area is 497 Å². The summed E-state index contributed by atoms with van der Waals surface area (Å²) in [5.74, 6) is -7.93. The molecule has 0 radical (unpaired) electrons. The summed E-state index contributed by atoms with van der Waals surface area (Å²) in [6.07, 6.45) is 7.22. The molecule has 0 aromatic carbocycles. The third-order valence-electron chi connectivity index (χ3n) is 12.4. The predicted octanol–water partition coefficient (Wildman–Crippen LogP) is -0.410. The standard InChI is InChI=1S/C11H22N2O4.C7H15NO2.2C6H13NO2.2C5H7NO3.2C5H9NO2.C3H7NO2/c1-7(9(14)15)13(5)11(2,3)6-8(12-4)10(16)17;1-5(2)4-6(8-3)7(9)10;2*1-4(2)3-5(7)6(8)9;2*7-4-2-1-3(6-4)5(8)9;2*7-5(8)4-2-1-3-6-4;1-2(4)3(5)6/h7-8,12H,6H2,1-5H3,(H,14,15)(H,16,17);5-6,8H,4H2,1-3H3,(H,9,10);2*4-5H,3,7H2,1-2H3,(H,8,9);2*3H,1-2H2,(H,6,7)(H,8,9);2*4,6H,1-3H2,(H,7,8);2H,4H2,1H3,(H,5,6)/t7-,8-;6-;2*5-;2*3-;2*4-;2-/m000000000/s1. The molecule has 0 saturated carbocycles. The van der Waals surface area contributed by atoms with Crippen LogP contribution in [-0.4, -0.2) is 228 Å². The van der Waals surface area contributed by atoms with E-state index in [9.17, 15) is 57.5 Å². The molecule has 10 atom stereocenters. The average molecular weight is 1230 g/mol. The molecular weight excluding hydrogens is 1130 g/mol. The quantitative estimate of drug-likeness (QED) is 0.0655. The number of rotatable bonds is 22. The molecule has 85 heavy (non-hydrogen) atoms. The molecule has 0 aromatic heterocycles. The van der Waals surface area contributed by atoms with Gasteiger partial charge in [-0.05, 0) is 144 Å². The zero-order chi connectivity index (χ0) is 67.7. The van der Waals surface area contributed by atoms with E-state index in [1.165, 1.54) is 6.92 Å². The van der Waals surface area contributed by atoms with Crippen LogP contribution in [0.2, 0.25) is 0 Å². The maximum atomic E-state index is 10.9. The third-order valence-corrected chi connectivity index (χ3v) is 12.4. The number of carbonyl (C=O) groups is 12. The van der Waals surface area contributed by atoms with Crippen LogP contribution in [0.4, 0.5) is 0 Å². The van der Waals surface area contributed by atoms with Crippen LogP contribution >= 0.6 is 0 Å². The second-order valence-electron chi connectivity index (χ2n) is 21.9. The van der Waals surface area contributed by atoms with Crippen molar-refractivity contribution < 1.29 is 109 Å². The second-order valence-corrected chi connectivity index (χ2v) is 21.9. The summed E-state index contributed by atoms with van der Waals surface area (Å²) in [6, 6.07) is -5.66. The first kappa shape index (κ1) is 87.1. The van der Waals surface area contributed by atoms with Gasteiger partial charge in [0.25, 0.3) is 0 Å². The Morgan fingerprint density at radius 1 is 0.494 bits per heavy atom. The van der Waals surface area contributed by atoms with Crippen molar-refractivity contribution in [1.29, 1.82) is 0 Å².